The highest BCUT2D eigenvalue weighted by molar-refractivity contribution is 5.95. The zero-order valence-corrected chi connectivity index (χ0v) is 13.1. The number of carboxylic acid groups (broad SMARTS) is 1. The lowest BCUT2D eigenvalue weighted by molar-refractivity contribution is -0.0539. The van der Waals surface area contributed by atoms with Crippen molar-refractivity contribution in [3.63, 3.8) is 0 Å². The van der Waals surface area contributed by atoms with Gasteiger partial charge in [-0.25, -0.2) is 9.78 Å². The lowest BCUT2D eigenvalue weighted by Gasteiger charge is -2.48. The van der Waals surface area contributed by atoms with Crippen molar-refractivity contribution in [1.82, 2.24) is 10.3 Å². The summed E-state index contributed by atoms with van der Waals surface area (Å²) in [4.78, 5) is 18.1. The molecule has 2 saturated heterocycles. The first-order chi connectivity index (χ1) is 10.4. The van der Waals surface area contributed by atoms with Gasteiger partial charge in [0.15, 0.2) is 0 Å². The number of carbonyl (C=O) groups is 1. The number of hydrogen-bond donors (Lipinski definition) is 3. The molecule has 3 N–H and O–H groups in total. The summed E-state index contributed by atoms with van der Waals surface area (Å²) in [5.41, 5.74) is 1.21. The third-order valence-electron chi connectivity index (χ3n) is 4.98. The maximum absolute atomic E-state index is 11.6. The van der Waals surface area contributed by atoms with Crippen molar-refractivity contribution in [3.05, 3.63) is 22.9 Å². The van der Waals surface area contributed by atoms with Crippen LogP contribution in [0.25, 0.3) is 0 Å². The predicted octanol–water partition coefficient (Wildman–Crippen LogP) is 0.947. The monoisotopic (exact) mass is 305 g/mol. The van der Waals surface area contributed by atoms with Crippen molar-refractivity contribution >= 4 is 11.8 Å². The Kier molecular flexibility index (Phi) is 3.82. The Morgan fingerprint density at radius 2 is 2.23 bits per heavy atom. The molecule has 2 atom stereocenters. The summed E-state index contributed by atoms with van der Waals surface area (Å²) in [7, 11) is 0. The highest BCUT2D eigenvalue weighted by Gasteiger charge is 2.43. The topological polar surface area (TPSA) is 85.7 Å². The quantitative estimate of drug-likeness (QED) is 0.754. The second kappa shape index (κ2) is 5.52. The standard InChI is InChI=1S/C16H23N3O3/c1-10-7-11(2)18-14(13(10)15(20)21)19-6-4-16(22)3-5-17-8-12(16)9-19/h7,12,17,22H,3-6,8-9H2,1-2H3,(H,20,21)/t12-,16-/m0/s1. The number of carboxylic acids is 1. The molecule has 2 aliphatic heterocycles. The smallest absolute Gasteiger partial charge is 0.339 e. The van der Waals surface area contributed by atoms with E-state index in [-0.39, 0.29) is 11.5 Å². The molecular formula is C16H23N3O3. The third kappa shape index (κ3) is 2.57. The molecule has 0 aromatic carbocycles. The van der Waals surface area contributed by atoms with E-state index in [0.717, 1.165) is 30.8 Å². The number of rotatable bonds is 2. The van der Waals surface area contributed by atoms with Crippen LogP contribution >= 0.6 is 0 Å². The minimum absolute atomic E-state index is 0.110. The Bertz CT molecular complexity index is 605. The summed E-state index contributed by atoms with van der Waals surface area (Å²) in [6.07, 6.45) is 1.42. The average Bonchev–Trinajstić information content (AvgIpc) is 2.44. The number of hydrogen-bond acceptors (Lipinski definition) is 5. The van der Waals surface area contributed by atoms with Crippen molar-refractivity contribution in [2.45, 2.75) is 32.3 Å². The van der Waals surface area contributed by atoms with E-state index in [4.69, 9.17) is 0 Å². The lowest BCUT2D eigenvalue weighted by Crippen LogP contribution is -2.59. The van der Waals surface area contributed by atoms with Crippen LogP contribution in [0.5, 0.6) is 0 Å². The van der Waals surface area contributed by atoms with Gasteiger partial charge in [-0.1, -0.05) is 0 Å². The van der Waals surface area contributed by atoms with Crippen LogP contribution in [-0.4, -0.2) is 52.9 Å². The third-order valence-corrected chi connectivity index (χ3v) is 4.98. The molecule has 3 rings (SSSR count). The number of aromatic nitrogens is 1. The molecule has 0 spiro atoms. The molecule has 0 unspecified atom stereocenters. The Morgan fingerprint density at radius 3 is 2.95 bits per heavy atom. The molecular weight excluding hydrogens is 282 g/mol. The van der Waals surface area contributed by atoms with Crippen LogP contribution < -0.4 is 10.2 Å². The van der Waals surface area contributed by atoms with Crippen molar-refractivity contribution in [2.75, 3.05) is 31.1 Å². The molecule has 0 amide bonds. The van der Waals surface area contributed by atoms with Crippen LogP contribution in [-0.2, 0) is 0 Å². The molecule has 1 aromatic rings. The molecule has 120 valence electrons. The van der Waals surface area contributed by atoms with Crippen LogP contribution in [0.4, 0.5) is 5.82 Å². The van der Waals surface area contributed by atoms with E-state index < -0.39 is 11.6 Å². The van der Waals surface area contributed by atoms with Crippen LogP contribution in [0.15, 0.2) is 6.07 Å². The number of anilines is 1. The highest BCUT2D eigenvalue weighted by atomic mass is 16.4. The number of fused-ring (bicyclic) bond motifs is 1. The number of nitrogens with zero attached hydrogens (tertiary/aromatic N) is 2. The predicted molar refractivity (Wildman–Crippen MR) is 83.4 cm³/mol. The van der Waals surface area contributed by atoms with Crippen molar-refractivity contribution in [2.24, 2.45) is 5.92 Å². The number of nitrogens with one attached hydrogen (secondary N) is 1. The molecule has 0 saturated carbocycles. The van der Waals surface area contributed by atoms with E-state index >= 15 is 0 Å². The van der Waals surface area contributed by atoms with Gasteiger partial charge in [0.25, 0.3) is 0 Å². The number of aliphatic hydroxyl groups is 1. The first-order valence-electron chi connectivity index (χ1n) is 7.80. The van der Waals surface area contributed by atoms with Gasteiger partial charge in [0, 0.05) is 31.2 Å². The Labute approximate surface area is 130 Å². The molecule has 0 radical (unpaired) electrons. The molecule has 2 aliphatic rings. The van der Waals surface area contributed by atoms with E-state index in [9.17, 15) is 15.0 Å². The number of piperidine rings is 2. The summed E-state index contributed by atoms with van der Waals surface area (Å²) in [5, 5.41) is 23.6. The van der Waals surface area contributed by atoms with Gasteiger partial charge in [0.1, 0.15) is 11.4 Å². The van der Waals surface area contributed by atoms with Gasteiger partial charge in [-0.05, 0) is 44.9 Å². The molecule has 6 nitrogen and oxygen atoms in total. The zero-order valence-electron chi connectivity index (χ0n) is 13.1. The van der Waals surface area contributed by atoms with E-state index in [1.165, 1.54) is 0 Å². The largest absolute Gasteiger partial charge is 0.478 e. The van der Waals surface area contributed by atoms with Crippen molar-refractivity contribution < 1.29 is 15.0 Å². The zero-order chi connectivity index (χ0) is 15.9. The second-order valence-corrected chi connectivity index (χ2v) is 6.53. The summed E-state index contributed by atoms with van der Waals surface area (Å²) in [6, 6.07) is 1.80. The van der Waals surface area contributed by atoms with Gasteiger partial charge >= 0.3 is 5.97 Å². The Balaban J connectivity index is 1.94. The van der Waals surface area contributed by atoms with Crippen LogP contribution in [0.2, 0.25) is 0 Å². The van der Waals surface area contributed by atoms with Crippen LogP contribution in [0.3, 0.4) is 0 Å². The SMILES string of the molecule is Cc1cc(C)c(C(=O)O)c(N2CC[C@@]3(O)CCNC[C@H]3C2)n1. The van der Waals surface area contributed by atoms with Crippen molar-refractivity contribution in [3.8, 4) is 0 Å². The van der Waals surface area contributed by atoms with Gasteiger partial charge in [0.05, 0.1) is 5.60 Å². The van der Waals surface area contributed by atoms with Gasteiger partial charge in [-0.15, -0.1) is 0 Å². The number of aryl methyl sites for hydroxylation is 2. The lowest BCUT2D eigenvalue weighted by atomic mass is 9.76. The summed E-state index contributed by atoms with van der Waals surface area (Å²) >= 11 is 0. The molecule has 3 heterocycles. The normalized spacial score (nSPS) is 28.3. The molecule has 1 aromatic heterocycles. The van der Waals surface area contributed by atoms with Gasteiger partial charge in [-0.2, -0.15) is 0 Å². The van der Waals surface area contributed by atoms with Gasteiger partial charge in [0.2, 0.25) is 0 Å². The Hall–Kier alpha value is -1.66. The molecule has 2 fully saturated rings. The van der Waals surface area contributed by atoms with Crippen molar-refractivity contribution in [1.29, 1.82) is 0 Å². The minimum atomic E-state index is -0.942. The Morgan fingerprint density at radius 1 is 1.45 bits per heavy atom. The molecule has 22 heavy (non-hydrogen) atoms. The fourth-order valence-electron chi connectivity index (χ4n) is 3.73. The fraction of sp³-hybridized carbons (Fsp3) is 0.625. The maximum Gasteiger partial charge on any atom is 0.339 e. The number of pyridine rings is 1. The minimum Gasteiger partial charge on any atom is -0.478 e. The maximum atomic E-state index is 11.6. The highest BCUT2D eigenvalue weighted by Crippen LogP contribution is 2.35. The first kappa shape index (κ1) is 15.2. The van der Waals surface area contributed by atoms with E-state index in [1.807, 2.05) is 18.7 Å². The van der Waals surface area contributed by atoms with E-state index in [1.54, 1.807) is 6.07 Å². The van der Waals surface area contributed by atoms with Gasteiger partial charge < -0.3 is 20.4 Å². The second-order valence-electron chi connectivity index (χ2n) is 6.53. The summed E-state index contributed by atoms with van der Waals surface area (Å²) < 4.78 is 0. The fourth-order valence-corrected chi connectivity index (χ4v) is 3.73. The van der Waals surface area contributed by atoms with E-state index in [0.29, 0.717) is 25.3 Å². The molecule has 6 heteroatoms. The molecule has 0 bridgehead atoms. The first-order valence-corrected chi connectivity index (χ1v) is 7.80. The van der Waals surface area contributed by atoms with Crippen LogP contribution in [0.1, 0.15) is 34.5 Å². The summed E-state index contributed by atoms with van der Waals surface area (Å²) in [6.45, 7) is 6.58. The summed E-state index contributed by atoms with van der Waals surface area (Å²) in [5.74, 6) is -0.292. The number of aromatic carboxylic acids is 1. The molecule has 0 aliphatic carbocycles. The van der Waals surface area contributed by atoms with Gasteiger partial charge in [-0.3, -0.25) is 0 Å². The van der Waals surface area contributed by atoms with Crippen LogP contribution in [0, 0.1) is 19.8 Å². The average molecular weight is 305 g/mol. The van der Waals surface area contributed by atoms with E-state index in [2.05, 4.69) is 10.3 Å².